The molecular weight excluding hydrogens is 370 g/mol. The summed E-state index contributed by atoms with van der Waals surface area (Å²) in [6, 6.07) is 13.9. The minimum atomic E-state index is 0.0683. The first-order chi connectivity index (χ1) is 13.7. The van der Waals surface area contributed by atoms with Crippen LogP contribution in [0.25, 0.3) is 21.3 Å². The zero-order chi connectivity index (χ0) is 19.1. The van der Waals surface area contributed by atoms with Crippen LogP contribution in [0.5, 0.6) is 0 Å². The molecule has 1 atom stereocenters. The third-order valence-electron chi connectivity index (χ3n) is 5.43. The smallest absolute Gasteiger partial charge is 0.253 e. The van der Waals surface area contributed by atoms with E-state index in [-0.39, 0.29) is 5.91 Å². The van der Waals surface area contributed by atoms with Crippen LogP contribution in [0.2, 0.25) is 0 Å². The average molecular weight is 392 g/mol. The van der Waals surface area contributed by atoms with Gasteiger partial charge in [-0.15, -0.1) is 16.4 Å². The van der Waals surface area contributed by atoms with Crippen molar-refractivity contribution >= 4 is 38.5 Å². The Morgan fingerprint density at radius 1 is 1.21 bits per heavy atom. The fraction of sp³-hybridized carbons (Fsp3) is 0.333. The summed E-state index contributed by atoms with van der Waals surface area (Å²) in [5.74, 6) is 0.374. The molecule has 5 rings (SSSR count). The molecule has 2 aromatic heterocycles. The molecule has 1 aliphatic rings. The highest BCUT2D eigenvalue weighted by atomic mass is 32.1. The Bertz CT molecular complexity index is 1130. The Balaban J connectivity index is 1.39. The van der Waals surface area contributed by atoms with Gasteiger partial charge in [-0.25, -0.2) is 9.67 Å². The second-order valence-corrected chi connectivity index (χ2v) is 8.28. The Kier molecular flexibility index (Phi) is 4.31. The summed E-state index contributed by atoms with van der Waals surface area (Å²) in [6.07, 6.45) is 2.08. The van der Waals surface area contributed by atoms with E-state index >= 15 is 0 Å². The van der Waals surface area contributed by atoms with Crippen molar-refractivity contribution < 1.29 is 4.79 Å². The van der Waals surface area contributed by atoms with Crippen molar-refractivity contribution in [3.8, 4) is 0 Å². The molecule has 1 fully saturated rings. The van der Waals surface area contributed by atoms with E-state index in [1.807, 2.05) is 46.8 Å². The van der Waals surface area contributed by atoms with E-state index in [0.29, 0.717) is 11.5 Å². The number of carbonyl (C=O) groups excluding carboxylic acids is 1. The fourth-order valence-electron chi connectivity index (χ4n) is 3.95. The quantitative estimate of drug-likeness (QED) is 0.528. The van der Waals surface area contributed by atoms with Gasteiger partial charge in [0.15, 0.2) is 0 Å². The molecule has 0 unspecified atom stereocenters. The number of piperidine rings is 1. The summed E-state index contributed by atoms with van der Waals surface area (Å²) in [5.41, 5.74) is 3.47. The number of benzene rings is 2. The van der Waals surface area contributed by atoms with Gasteiger partial charge in [0.05, 0.1) is 20.7 Å². The molecule has 3 heterocycles. The third-order valence-corrected chi connectivity index (χ3v) is 6.63. The molecule has 0 saturated carbocycles. The minimum Gasteiger partial charge on any atom is -0.338 e. The molecule has 2 aromatic carbocycles. The maximum atomic E-state index is 13.1. The fourth-order valence-corrected chi connectivity index (χ4v) is 5.04. The number of fused-ring (bicyclic) bond motifs is 2. The first-order valence-electron chi connectivity index (χ1n) is 9.71. The number of hydrogen-bond donors (Lipinski definition) is 0. The monoisotopic (exact) mass is 391 g/mol. The van der Waals surface area contributed by atoms with Crippen LogP contribution in [-0.4, -0.2) is 43.9 Å². The van der Waals surface area contributed by atoms with Gasteiger partial charge in [0, 0.05) is 31.1 Å². The highest BCUT2D eigenvalue weighted by Gasteiger charge is 2.27. The number of nitrogens with zero attached hydrogens (tertiary/aromatic N) is 5. The van der Waals surface area contributed by atoms with Crippen molar-refractivity contribution in [2.24, 2.45) is 0 Å². The lowest BCUT2D eigenvalue weighted by Crippen LogP contribution is -2.39. The molecule has 0 N–H and O–H groups in total. The number of thiazole rings is 1. The van der Waals surface area contributed by atoms with E-state index in [1.54, 1.807) is 11.3 Å². The number of para-hydroxylation sites is 1. The molecular formula is C21H21N5OS. The lowest BCUT2D eigenvalue weighted by molar-refractivity contribution is 0.0707. The van der Waals surface area contributed by atoms with Crippen molar-refractivity contribution in [3.05, 3.63) is 53.0 Å². The molecule has 0 aliphatic carbocycles. The standard InChI is InChI=1S/C21H21N5OS/c1-2-26-18-10-9-14(12-17(18)23-24-26)21(27)25-11-5-6-15(13-25)20-22-16-7-3-4-8-19(16)28-20/h3-4,7-10,12,15H,2,5-6,11,13H2,1H3/t15-/m1/s1. The van der Waals surface area contributed by atoms with Crippen LogP contribution in [0.3, 0.4) is 0 Å². The maximum Gasteiger partial charge on any atom is 0.253 e. The Morgan fingerprint density at radius 3 is 2.96 bits per heavy atom. The van der Waals surface area contributed by atoms with E-state index in [4.69, 9.17) is 4.98 Å². The number of aromatic nitrogens is 4. The molecule has 0 spiro atoms. The van der Waals surface area contributed by atoms with Crippen LogP contribution in [0, 0.1) is 0 Å². The molecule has 0 radical (unpaired) electrons. The van der Waals surface area contributed by atoms with Crippen LogP contribution >= 0.6 is 11.3 Å². The van der Waals surface area contributed by atoms with E-state index in [9.17, 15) is 4.79 Å². The highest BCUT2D eigenvalue weighted by molar-refractivity contribution is 7.18. The lowest BCUT2D eigenvalue weighted by Gasteiger charge is -2.32. The highest BCUT2D eigenvalue weighted by Crippen LogP contribution is 2.33. The second-order valence-electron chi connectivity index (χ2n) is 7.22. The van der Waals surface area contributed by atoms with Crippen LogP contribution in [0.15, 0.2) is 42.5 Å². The summed E-state index contributed by atoms with van der Waals surface area (Å²) in [6.45, 7) is 4.31. The Morgan fingerprint density at radius 2 is 2.11 bits per heavy atom. The summed E-state index contributed by atoms with van der Waals surface area (Å²) < 4.78 is 3.05. The molecule has 4 aromatic rings. The van der Waals surface area contributed by atoms with Gasteiger partial charge in [-0.2, -0.15) is 0 Å². The predicted octanol–water partition coefficient (Wildman–Crippen LogP) is 4.08. The van der Waals surface area contributed by atoms with Crippen molar-refractivity contribution in [2.45, 2.75) is 32.2 Å². The van der Waals surface area contributed by atoms with Gasteiger partial charge >= 0.3 is 0 Å². The molecule has 6 nitrogen and oxygen atoms in total. The van der Waals surface area contributed by atoms with Crippen molar-refractivity contribution in [1.29, 1.82) is 0 Å². The maximum absolute atomic E-state index is 13.1. The van der Waals surface area contributed by atoms with E-state index < -0.39 is 0 Å². The summed E-state index contributed by atoms with van der Waals surface area (Å²) >= 11 is 1.75. The third kappa shape index (κ3) is 2.96. The number of likely N-dealkylation sites (tertiary alicyclic amines) is 1. The van der Waals surface area contributed by atoms with Crippen molar-refractivity contribution in [2.75, 3.05) is 13.1 Å². The van der Waals surface area contributed by atoms with Gasteiger partial charge in [-0.1, -0.05) is 17.3 Å². The number of hydrogen-bond acceptors (Lipinski definition) is 5. The molecule has 1 saturated heterocycles. The number of rotatable bonds is 3. The van der Waals surface area contributed by atoms with Crippen LogP contribution < -0.4 is 0 Å². The normalized spacial score (nSPS) is 17.5. The van der Waals surface area contributed by atoms with Crippen LogP contribution in [0.1, 0.15) is 41.0 Å². The molecule has 1 aliphatic heterocycles. The number of amides is 1. The summed E-state index contributed by atoms with van der Waals surface area (Å²) in [4.78, 5) is 19.9. The second kappa shape index (κ2) is 6.98. The van der Waals surface area contributed by atoms with Gasteiger partial charge in [-0.3, -0.25) is 4.79 Å². The first kappa shape index (κ1) is 17.3. The van der Waals surface area contributed by atoms with Gasteiger partial charge < -0.3 is 4.90 Å². The van der Waals surface area contributed by atoms with Gasteiger partial charge in [0.25, 0.3) is 5.91 Å². The molecule has 28 heavy (non-hydrogen) atoms. The van der Waals surface area contributed by atoms with E-state index in [0.717, 1.165) is 54.0 Å². The SMILES string of the molecule is CCn1nnc2cc(C(=O)N3CCC[C@@H](c4nc5ccccc5s4)C3)ccc21. The molecule has 1 amide bonds. The molecule has 0 bridgehead atoms. The van der Waals surface area contributed by atoms with Gasteiger partial charge in [0.1, 0.15) is 5.52 Å². The van der Waals surface area contributed by atoms with E-state index in [1.165, 1.54) is 4.70 Å². The van der Waals surface area contributed by atoms with Gasteiger partial charge in [-0.05, 0) is 50.1 Å². The Labute approximate surface area is 166 Å². The van der Waals surface area contributed by atoms with Crippen molar-refractivity contribution in [1.82, 2.24) is 24.9 Å². The van der Waals surface area contributed by atoms with Gasteiger partial charge in [0.2, 0.25) is 0 Å². The minimum absolute atomic E-state index is 0.0683. The summed E-state index contributed by atoms with van der Waals surface area (Å²) in [5, 5.41) is 9.47. The zero-order valence-corrected chi connectivity index (χ0v) is 16.5. The topological polar surface area (TPSA) is 63.9 Å². The average Bonchev–Trinajstić information content (AvgIpc) is 3.36. The van der Waals surface area contributed by atoms with Crippen LogP contribution in [-0.2, 0) is 6.54 Å². The van der Waals surface area contributed by atoms with E-state index in [2.05, 4.69) is 22.4 Å². The molecule has 142 valence electrons. The summed E-state index contributed by atoms with van der Waals surface area (Å²) in [7, 11) is 0. The predicted molar refractivity (Wildman–Crippen MR) is 111 cm³/mol. The number of carbonyl (C=O) groups is 1. The first-order valence-corrected chi connectivity index (χ1v) is 10.5. The molecule has 7 heteroatoms. The largest absolute Gasteiger partial charge is 0.338 e. The zero-order valence-electron chi connectivity index (χ0n) is 15.7. The number of aryl methyl sites for hydroxylation is 1. The van der Waals surface area contributed by atoms with Crippen molar-refractivity contribution in [3.63, 3.8) is 0 Å². The lowest BCUT2D eigenvalue weighted by atomic mass is 9.98. The Hall–Kier alpha value is -2.80. The van der Waals surface area contributed by atoms with Crippen LogP contribution in [0.4, 0.5) is 0 Å².